The van der Waals surface area contributed by atoms with Crippen molar-refractivity contribution in [3.05, 3.63) is 56.3 Å². The number of rotatable bonds is 6. The van der Waals surface area contributed by atoms with E-state index in [1.165, 1.54) is 18.3 Å². The summed E-state index contributed by atoms with van der Waals surface area (Å²) in [5, 5.41) is 17.9. The number of halogens is 3. The predicted octanol–water partition coefficient (Wildman–Crippen LogP) is 3.58. The molecule has 2 aliphatic heterocycles. The van der Waals surface area contributed by atoms with E-state index in [2.05, 4.69) is 36.3 Å². The van der Waals surface area contributed by atoms with Crippen molar-refractivity contribution < 1.29 is 28.0 Å². The standard InChI is InChI=1S/C23H25BrF2N6O5/c1-27-17-7-14(10-28-11-17)21(33)30-4-2-3-16(12-30)29-20-18(8-15(24)9-19(20)32(35)36)22(34)31-5-6-37-23(25,26)13-31/h7-11,16,27,29H,2-6,12-13H2,1H3. The zero-order valence-electron chi connectivity index (χ0n) is 19.9. The number of carbonyl (C=O) groups is 2. The van der Waals surface area contributed by atoms with Gasteiger partial charge in [-0.25, -0.2) is 0 Å². The second-order valence-electron chi connectivity index (χ2n) is 8.76. The van der Waals surface area contributed by atoms with Gasteiger partial charge in [0.05, 0.1) is 28.3 Å². The minimum Gasteiger partial charge on any atom is -0.387 e. The first-order valence-corrected chi connectivity index (χ1v) is 12.3. The molecule has 1 atom stereocenters. The Morgan fingerprint density at radius 2 is 2.00 bits per heavy atom. The van der Waals surface area contributed by atoms with Crippen LogP contribution in [0, 0.1) is 10.1 Å². The molecule has 11 nitrogen and oxygen atoms in total. The molecule has 2 saturated heterocycles. The van der Waals surface area contributed by atoms with E-state index in [-0.39, 0.29) is 47.0 Å². The second-order valence-corrected chi connectivity index (χ2v) is 9.68. The third-order valence-corrected chi connectivity index (χ3v) is 6.63. The molecule has 2 fully saturated rings. The molecule has 2 aromatic rings. The van der Waals surface area contributed by atoms with Crippen LogP contribution in [0.2, 0.25) is 0 Å². The van der Waals surface area contributed by atoms with Crippen LogP contribution in [0.4, 0.5) is 25.8 Å². The molecule has 0 aliphatic carbocycles. The van der Waals surface area contributed by atoms with Gasteiger partial charge in [-0.05, 0) is 25.0 Å². The molecule has 37 heavy (non-hydrogen) atoms. The quantitative estimate of drug-likeness (QED) is 0.390. The maximum atomic E-state index is 13.8. The number of pyridine rings is 1. The van der Waals surface area contributed by atoms with Crippen LogP contribution < -0.4 is 10.6 Å². The Balaban J connectivity index is 1.60. The SMILES string of the molecule is CNc1cncc(C(=O)N2CCCC(Nc3c(C(=O)N4CCOC(F)(F)C4)cc(Br)cc3[N+](=O)[O-])C2)c1. The Bertz CT molecular complexity index is 1220. The van der Waals surface area contributed by atoms with Gasteiger partial charge in [0.15, 0.2) is 0 Å². The molecule has 1 aromatic carbocycles. The summed E-state index contributed by atoms with van der Waals surface area (Å²) in [6.07, 6.45) is 0.742. The van der Waals surface area contributed by atoms with Crippen molar-refractivity contribution >= 4 is 44.8 Å². The molecule has 4 rings (SSSR count). The Labute approximate surface area is 219 Å². The van der Waals surface area contributed by atoms with Crippen molar-refractivity contribution in [2.45, 2.75) is 25.0 Å². The number of ether oxygens (including phenoxy) is 1. The van der Waals surface area contributed by atoms with Crippen LogP contribution in [0.1, 0.15) is 33.6 Å². The van der Waals surface area contributed by atoms with E-state index < -0.39 is 29.5 Å². The van der Waals surface area contributed by atoms with Crippen LogP contribution in [0.5, 0.6) is 0 Å². The monoisotopic (exact) mass is 582 g/mol. The van der Waals surface area contributed by atoms with Crippen LogP contribution in [-0.2, 0) is 4.74 Å². The van der Waals surface area contributed by atoms with Gasteiger partial charge >= 0.3 is 6.11 Å². The Morgan fingerprint density at radius 1 is 1.22 bits per heavy atom. The normalized spacial score (nSPS) is 19.3. The van der Waals surface area contributed by atoms with E-state index in [4.69, 9.17) is 0 Å². The lowest BCUT2D eigenvalue weighted by Gasteiger charge is -2.35. The minimum atomic E-state index is -3.51. The molecule has 3 heterocycles. The summed E-state index contributed by atoms with van der Waals surface area (Å²) in [4.78, 5) is 44.2. The van der Waals surface area contributed by atoms with Crippen molar-refractivity contribution in [2.75, 3.05) is 50.5 Å². The van der Waals surface area contributed by atoms with E-state index >= 15 is 0 Å². The highest BCUT2D eigenvalue weighted by Gasteiger charge is 2.40. The van der Waals surface area contributed by atoms with Gasteiger partial charge < -0.3 is 25.2 Å². The number of nitro benzene ring substituents is 1. The van der Waals surface area contributed by atoms with Crippen LogP contribution in [-0.4, -0.2) is 83.5 Å². The minimum absolute atomic E-state index is 0.0776. The lowest BCUT2D eigenvalue weighted by Crippen LogP contribution is -2.49. The highest BCUT2D eigenvalue weighted by Crippen LogP contribution is 2.35. The molecular weight excluding hydrogens is 558 g/mol. The Morgan fingerprint density at radius 3 is 2.70 bits per heavy atom. The highest BCUT2D eigenvalue weighted by molar-refractivity contribution is 9.10. The van der Waals surface area contributed by atoms with Gasteiger partial charge in [-0.3, -0.25) is 24.7 Å². The molecule has 0 spiro atoms. The number of aromatic nitrogens is 1. The average molecular weight is 583 g/mol. The number of amides is 2. The highest BCUT2D eigenvalue weighted by atomic mass is 79.9. The number of alkyl halides is 2. The number of nitrogens with zero attached hydrogens (tertiary/aromatic N) is 4. The fourth-order valence-electron chi connectivity index (χ4n) is 4.41. The fourth-order valence-corrected chi connectivity index (χ4v) is 4.86. The summed E-state index contributed by atoms with van der Waals surface area (Å²) >= 11 is 3.18. The predicted molar refractivity (Wildman–Crippen MR) is 134 cm³/mol. The second kappa shape index (κ2) is 10.9. The number of carbonyl (C=O) groups excluding carboxylic acids is 2. The first kappa shape index (κ1) is 26.7. The molecular formula is C23H25BrF2N6O5. The number of nitrogens with one attached hydrogen (secondary N) is 2. The number of hydrogen-bond acceptors (Lipinski definition) is 8. The zero-order chi connectivity index (χ0) is 26.7. The summed E-state index contributed by atoms with van der Waals surface area (Å²) in [6, 6.07) is 3.87. The van der Waals surface area contributed by atoms with Crippen LogP contribution in [0.3, 0.4) is 0 Å². The van der Waals surface area contributed by atoms with Gasteiger partial charge in [-0.15, -0.1) is 0 Å². The third kappa shape index (κ3) is 6.13. The van der Waals surface area contributed by atoms with Crippen molar-refractivity contribution in [3.8, 4) is 0 Å². The molecule has 1 unspecified atom stereocenters. The van der Waals surface area contributed by atoms with Crippen LogP contribution in [0.15, 0.2) is 35.1 Å². The van der Waals surface area contributed by atoms with Gasteiger partial charge in [0.25, 0.3) is 17.5 Å². The molecule has 0 radical (unpaired) electrons. The van der Waals surface area contributed by atoms with E-state index in [0.29, 0.717) is 30.6 Å². The van der Waals surface area contributed by atoms with Crippen LogP contribution >= 0.6 is 15.9 Å². The third-order valence-electron chi connectivity index (χ3n) is 6.18. The smallest absolute Gasteiger partial charge is 0.373 e. The zero-order valence-corrected chi connectivity index (χ0v) is 21.5. The van der Waals surface area contributed by atoms with Crippen molar-refractivity contribution in [3.63, 3.8) is 0 Å². The van der Waals surface area contributed by atoms with Crippen molar-refractivity contribution in [2.24, 2.45) is 0 Å². The molecule has 2 amide bonds. The van der Waals surface area contributed by atoms with Gasteiger partial charge in [0.2, 0.25) is 0 Å². The summed E-state index contributed by atoms with van der Waals surface area (Å²) in [5.74, 6) is -1.03. The van der Waals surface area contributed by atoms with E-state index in [0.717, 1.165) is 4.90 Å². The van der Waals surface area contributed by atoms with E-state index in [1.54, 1.807) is 24.2 Å². The average Bonchev–Trinajstić information content (AvgIpc) is 2.88. The number of piperidine rings is 1. The molecule has 198 valence electrons. The molecule has 1 aromatic heterocycles. The maximum Gasteiger partial charge on any atom is 0.373 e. The van der Waals surface area contributed by atoms with Gasteiger partial charge in [0.1, 0.15) is 12.2 Å². The van der Waals surface area contributed by atoms with E-state index in [1.807, 2.05) is 0 Å². The number of morpholine rings is 1. The molecule has 0 bridgehead atoms. The topological polar surface area (TPSA) is 130 Å². The summed E-state index contributed by atoms with van der Waals surface area (Å²) in [7, 11) is 1.72. The number of benzene rings is 1. The van der Waals surface area contributed by atoms with Crippen molar-refractivity contribution in [1.82, 2.24) is 14.8 Å². The van der Waals surface area contributed by atoms with Gasteiger partial charge in [-0.2, -0.15) is 8.78 Å². The lowest BCUT2D eigenvalue weighted by atomic mass is 10.0. The number of anilines is 2. The number of nitro groups is 1. The van der Waals surface area contributed by atoms with E-state index in [9.17, 15) is 28.5 Å². The molecule has 14 heteroatoms. The molecule has 2 aliphatic rings. The molecule has 2 N–H and O–H groups in total. The van der Waals surface area contributed by atoms with Gasteiger partial charge in [-0.1, -0.05) is 15.9 Å². The van der Waals surface area contributed by atoms with Gasteiger partial charge in [0, 0.05) is 55.7 Å². The Hall–Kier alpha value is -3.39. The Kier molecular flexibility index (Phi) is 7.87. The summed E-state index contributed by atoms with van der Waals surface area (Å²) in [5.41, 5.74) is 0.498. The maximum absolute atomic E-state index is 13.8. The fraction of sp³-hybridized carbons (Fsp3) is 0.435. The first-order chi connectivity index (χ1) is 17.6. The largest absolute Gasteiger partial charge is 0.387 e. The van der Waals surface area contributed by atoms with Crippen LogP contribution in [0.25, 0.3) is 0 Å². The number of likely N-dealkylation sites (tertiary alicyclic amines) is 1. The summed E-state index contributed by atoms with van der Waals surface area (Å²) in [6.45, 7) is -0.700. The molecule has 0 saturated carbocycles. The first-order valence-electron chi connectivity index (χ1n) is 11.6. The summed E-state index contributed by atoms with van der Waals surface area (Å²) < 4.78 is 32.3. The number of hydrogen-bond donors (Lipinski definition) is 2. The lowest BCUT2D eigenvalue weighted by molar-refractivity contribution is -0.384. The van der Waals surface area contributed by atoms with Crippen molar-refractivity contribution in [1.29, 1.82) is 0 Å².